The average Bonchev–Trinajstić information content (AvgIpc) is 3.08. The lowest BCUT2D eigenvalue weighted by atomic mass is 9.64. The number of amides is 1. The zero-order valence-corrected chi connectivity index (χ0v) is 15.0. The second kappa shape index (κ2) is 4.93. The Kier molecular flexibility index (Phi) is 2.92. The fraction of sp³-hybridized carbons (Fsp3) is 0.200. The highest BCUT2D eigenvalue weighted by molar-refractivity contribution is 7.80. The molecule has 3 aliphatic rings. The smallest absolute Gasteiger partial charge is 0.339 e. The first-order valence-corrected chi connectivity index (χ1v) is 8.82. The Morgan fingerprint density at radius 1 is 1.19 bits per heavy atom. The van der Waals surface area contributed by atoms with E-state index in [1.54, 1.807) is 36.2 Å². The van der Waals surface area contributed by atoms with E-state index in [1.165, 1.54) is 0 Å². The number of likely N-dealkylation sites (N-methyl/N-ethyl adjacent to an activating group) is 1. The minimum Gasteiger partial charge on any atom is -0.425 e. The maximum atomic E-state index is 13.5. The van der Waals surface area contributed by atoms with E-state index in [0.29, 0.717) is 16.9 Å². The van der Waals surface area contributed by atoms with Crippen LogP contribution in [-0.4, -0.2) is 23.9 Å². The molecule has 5 rings (SSSR count). The maximum Gasteiger partial charge on any atom is 0.339 e. The van der Waals surface area contributed by atoms with E-state index in [1.807, 2.05) is 24.3 Å². The highest BCUT2D eigenvalue weighted by Crippen LogP contribution is 2.62. The molecule has 0 radical (unpaired) electrons. The molecule has 0 aromatic heterocycles. The average molecular weight is 375 g/mol. The molecule has 132 valence electrons. The number of hydrogen-bond donors (Lipinski definition) is 1. The lowest BCUT2D eigenvalue weighted by Crippen LogP contribution is -2.52. The predicted molar refractivity (Wildman–Crippen MR) is 100 cm³/mol. The summed E-state index contributed by atoms with van der Waals surface area (Å²) in [4.78, 5) is 28.0. The highest BCUT2D eigenvalue weighted by atomic mass is 32.1. The van der Waals surface area contributed by atoms with E-state index in [0.717, 1.165) is 5.69 Å². The summed E-state index contributed by atoms with van der Waals surface area (Å²) in [5, 5.41) is 13.1. The molecular formula is C20H13N3O3S. The molecule has 6 nitrogen and oxygen atoms in total. The summed E-state index contributed by atoms with van der Waals surface area (Å²) in [6.07, 6.45) is 0. The van der Waals surface area contributed by atoms with Crippen LogP contribution in [0.3, 0.4) is 0 Å². The van der Waals surface area contributed by atoms with E-state index >= 15 is 0 Å². The van der Waals surface area contributed by atoms with Crippen molar-refractivity contribution in [3.8, 4) is 11.8 Å². The van der Waals surface area contributed by atoms with Crippen LogP contribution in [0.1, 0.15) is 17.0 Å². The molecule has 1 spiro atoms. The second-order valence-electron chi connectivity index (χ2n) is 6.92. The third-order valence-corrected chi connectivity index (χ3v) is 6.22. The van der Waals surface area contributed by atoms with Gasteiger partial charge in [-0.3, -0.25) is 4.79 Å². The van der Waals surface area contributed by atoms with Gasteiger partial charge in [-0.1, -0.05) is 48.6 Å². The first kappa shape index (κ1) is 16.0. The minimum atomic E-state index is -1.75. The van der Waals surface area contributed by atoms with Crippen molar-refractivity contribution in [1.82, 2.24) is 5.32 Å². The normalized spacial score (nSPS) is 30.3. The van der Waals surface area contributed by atoms with Crippen molar-refractivity contribution < 1.29 is 14.3 Å². The summed E-state index contributed by atoms with van der Waals surface area (Å²) < 4.78 is 5.45. The van der Waals surface area contributed by atoms with Crippen LogP contribution in [0.15, 0.2) is 48.5 Å². The highest BCUT2D eigenvalue weighted by Gasteiger charge is 2.74. The van der Waals surface area contributed by atoms with Gasteiger partial charge in [0.1, 0.15) is 10.7 Å². The number of thiocarbonyl (C=S) groups is 1. The lowest BCUT2D eigenvalue weighted by Gasteiger charge is -2.37. The van der Waals surface area contributed by atoms with Crippen LogP contribution in [0.2, 0.25) is 0 Å². The number of nitriles is 1. The van der Waals surface area contributed by atoms with Gasteiger partial charge >= 0.3 is 5.97 Å². The van der Waals surface area contributed by atoms with Gasteiger partial charge in [0, 0.05) is 23.9 Å². The predicted octanol–water partition coefficient (Wildman–Crippen LogP) is 2.00. The van der Waals surface area contributed by atoms with Crippen molar-refractivity contribution in [2.24, 2.45) is 5.41 Å². The molecule has 0 aliphatic carbocycles. The van der Waals surface area contributed by atoms with Gasteiger partial charge in [0.15, 0.2) is 5.54 Å². The number of carbonyl (C=O) groups is 2. The van der Waals surface area contributed by atoms with E-state index in [4.69, 9.17) is 17.0 Å². The Morgan fingerprint density at radius 3 is 2.67 bits per heavy atom. The first-order chi connectivity index (χ1) is 13.0. The fourth-order valence-electron chi connectivity index (χ4n) is 4.62. The summed E-state index contributed by atoms with van der Waals surface area (Å²) >= 11 is 5.46. The molecule has 1 fully saturated rings. The molecular weight excluding hydrogens is 362 g/mol. The van der Waals surface area contributed by atoms with E-state index in [2.05, 4.69) is 11.4 Å². The Hall–Kier alpha value is -3.24. The molecule has 0 unspecified atom stereocenters. The number of fused-ring (bicyclic) bond motifs is 6. The summed E-state index contributed by atoms with van der Waals surface area (Å²) in [6, 6.07) is 16.4. The molecule has 3 aliphatic heterocycles. The number of esters is 1. The Balaban J connectivity index is 1.91. The van der Waals surface area contributed by atoms with Gasteiger partial charge in [-0.2, -0.15) is 5.26 Å². The number of anilines is 1. The van der Waals surface area contributed by atoms with E-state index in [9.17, 15) is 14.9 Å². The van der Waals surface area contributed by atoms with E-state index in [-0.39, 0.29) is 10.9 Å². The standard InChI is InChI=1S/C20H13N3O3S/c1-23-13-8-4-3-7-12(13)20(17(23)24)15-11-6-2-5-9-14(11)26-18(25)19(15,10-21)16(27)22-20/h2-9,15H,1H3,(H,22,27)/t15-,19+,20+/m1/s1. The number of nitrogens with zero attached hydrogens (tertiary/aromatic N) is 2. The van der Waals surface area contributed by atoms with Crippen molar-refractivity contribution in [3.05, 3.63) is 59.7 Å². The van der Waals surface area contributed by atoms with Gasteiger partial charge in [-0.15, -0.1) is 0 Å². The molecule has 3 heterocycles. The van der Waals surface area contributed by atoms with Gasteiger partial charge in [-0.25, -0.2) is 4.79 Å². The van der Waals surface area contributed by atoms with Gasteiger partial charge in [0.25, 0.3) is 5.91 Å². The largest absolute Gasteiger partial charge is 0.425 e. The quantitative estimate of drug-likeness (QED) is 0.431. The SMILES string of the molecule is CN1C(=O)[C@]2(NC(=S)[C@@]3(C#N)C(=O)Oc4ccccc4[C@H]32)c2ccccc21. The number of rotatable bonds is 0. The molecule has 0 saturated carbocycles. The Morgan fingerprint density at radius 2 is 1.89 bits per heavy atom. The third-order valence-electron chi connectivity index (χ3n) is 5.80. The van der Waals surface area contributed by atoms with Crippen LogP contribution in [0.25, 0.3) is 0 Å². The van der Waals surface area contributed by atoms with Crippen LogP contribution in [0.4, 0.5) is 5.69 Å². The monoisotopic (exact) mass is 375 g/mol. The summed E-state index contributed by atoms with van der Waals surface area (Å²) in [5.41, 5.74) is -1.04. The number of ether oxygens (including phenoxy) is 1. The van der Waals surface area contributed by atoms with Crippen molar-refractivity contribution in [3.63, 3.8) is 0 Å². The first-order valence-electron chi connectivity index (χ1n) is 8.41. The van der Waals surface area contributed by atoms with Crippen LogP contribution in [0.5, 0.6) is 5.75 Å². The number of para-hydroxylation sites is 2. The second-order valence-corrected chi connectivity index (χ2v) is 7.33. The van der Waals surface area contributed by atoms with Gasteiger partial charge in [-0.05, 0) is 12.1 Å². The topological polar surface area (TPSA) is 82.4 Å². The molecule has 1 N–H and O–H groups in total. The molecule has 7 heteroatoms. The van der Waals surface area contributed by atoms with Crippen molar-refractivity contribution in [2.75, 3.05) is 11.9 Å². The minimum absolute atomic E-state index is 0.0213. The lowest BCUT2D eigenvalue weighted by molar-refractivity contribution is -0.142. The summed E-state index contributed by atoms with van der Waals surface area (Å²) in [7, 11) is 1.68. The number of carbonyl (C=O) groups excluding carboxylic acids is 2. The molecule has 2 aromatic rings. The van der Waals surface area contributed by atoms with Crippen LogP contribution in [-0.2, 0) is 15.1 Å². The Labute approximate surface area is 160 Å². The van der Waals surface area contributed by atoms with E-state index < -0.39 is 22.8 Å². The number of benzene rings is 2. The summed E-state index contributed by atoms with van der Waals surface area (Å²) in [5.74, 6) is -1.47. The van der Waals surface area contributed by atoms with Crippen molar-refractivity contribution in [1.29, 1.82) is 5.26 Å². The molecule has 0 bridgehead atoms. The van der Waals surface area contributed by atoms with Crippen LogP contribution in [0, 0.1) is 16.7 Å². The van der Waals surface area contributed by atoms with Crippen LogP contribution < -0.4 is 15.0 Å². The maximum absolute atomic E-state index is 13.5. The Bertz CT molecular complexity index is 1110. The zero-order chi connectivity index (χ0) is 19.0. The molecule has 1 saturated heterocycles. The molecule has 27 heavy (non-hydrogen) atoms. The fourth-order valence-corrected chi connectivity index (χ4v) is 5.03. The zero-order valence-electron chi connectivity index (χ0n) is 14.2. The summed E-state index contributed by atoms with van der Waals surface area (Å²) in [6.45, 7) is 0. The number of nitrogens with one attached hydrogen (secondary N) is 1. The molecule has 2 aromatic carbocycles. The molecule has 3 atom stereocenters. The third kappa shape index (κ3) is 1.58. The van der Waals surface area contributed by atoms with Gasteiger partial charge in [0.2, 0.25) is 5.41 Å². The van der Waals surface area contributed by atoms with Crippen molar-refractivity contribution >= 4 is 34.8 Å². The molecule has 1 amide bonds. The number of hydrogen-bond acceptors (Lipinski definition) is 5. The van der Waals surface area contributed by atoms with Gasteiger partial charge in [0.05, 0.1) is 12.0 Å². The van der Waals surface area contributed by atoms with Crippen LogP contribution >= 0.6 is 12.2 Å². The van der Waals surface area contributed by atoms with Crippen molar-refractivity contribution in [2.45, 2.75) is 11.5 Å². The van der Waals surface area contributed by atoms with Gasteiger partial charge < -0.3 is 15.0 Å².